The van der Waals surface area contributed by atoms with Crippen molar-refractivity contribution in [3.8, 4) is 0 Å². The van der Waals surface area contributed by atoms with Gasteiger partial charge in [0.2, 0.25) is 5.91 Å². The Morgan fingerprint density at radius 2 is 2.14 bits per heavy atom. The highest BCUT2D eigenvalue weighted by Crippen LogP contribution is 1.81. The Hall–Kier alpha value is -0.650. The van der Waals surface area contributed by atoms with Gasteiger partial charge >= 0.3 is 0 Å². The Morgan fingerprint density at radius 1 is 1.50 bits per heavy atom. The number of amides is 1. The van der Waals surface area contributed by atoms with E-state index < -0.39 is 6.10 Å². The Kier molecular flexibility index (Phi) is 7.37. The van der Waals surface area contributed by atoms with Gasteiger partial charge in [-0.1, -0.05) is 13.8 Å². The number of methoxy groups -OCH3 is 1. The molecule has 0 heterocycles. The average Bonchev–Trinajstić information content (AvgIpc) is 2.12. The highest BCUT2D eigenvalue weighted by atomic mass is 16.5. The first-order valence-electron chi connectivity index (χ1n) is 4.73. The molecule has 0 rings (SSSR count). The van der Waals surface area contributed by atoms with Gasteiger partial charge in [0.05, 0.1) is 19.3 Å². The minimum Gasteiger partial charge on any atom is -0.389 e. The fourth-order valence-electron chi connectivity index (χ4n) is 0.842. The second-order valence-corrected chi connectivity index (χ2v) is 3.45. The molecular formula is C9H20N2O3. The Labute approximate surface area is 84.8 Å². The summed E-state index contributed by atoms with van der Waals surface area (Å²) in [5.41, 5.74) is 0. The van der Waals surface area contributed by atoms with Crippen LogP contribution in [0.4, 0.5) is 0 Å². The summed E-state index contributed by atoms with van der Waals surface area (Å²) < 4.78 is 4.72. The third-order valence-corrected chi connectivity index (χ3v) is 1.56. The van der Waals surface area contributed by atoms with Crippen LogP contribution in [0.3, 0.4) is 0 Å². The second-order valence-electron chi connectivity index (χ2n) is 3.45. The molecule has 1 amide bonds. The molecule has 0 bridgehead atoms. The molecule has 3 N–H and O–H groups in total. The molecule has 0 spiro atoms. The molecule has 14 heavy (non-hydrogen) atoms. The second kappa shape index (κ2) is 7.73. The van der Waals surface area contributed by atoms with E-state index in [1.807, 2.05) is 13.8 Å². The number of nitrogens with one attached hydrogen (secondary N) is 2. The molecule has 5 nitrogen and oxygen atoms in total. The van der Waals surface area contributed by atoms with Gasteiger partial charge in [0.1, 0.15) is 0 Å². The lowest BCUT2D eigenvalue weighted by atomic mass is 10.3. The van der Waals surface area contributed by atoms with Crippen molar-refractivity contribution in [2.24, 2.45) is 0 Å². The third kappa shape index (κ3) is 7.97. The van der Waals surface area contributed by atoms with Gasteiger partial charge in [-0.3, -0.25) is 4.79 Å². The van der Waals surface area contributed by atoms with Crippen LogP contribution in [0, 0.1) is 0 Å². The number of aliphatic hydroxyl groups excluding tert-OH is 1. The smallest absolute Gasteiger partial charge is 0.234 e. The highest BCUT2D eigenvalue weighted by molar-refractivity contribution is 5.78. The normalized spacial score (nSPS) is 12.9. The van der Waals surface area contributed by atoms with E-state index in [1.54, 1.807) is 0 Å². The van der Waals surface area contributed by atoms with Crippen LogP contribution in [-0.2, 0) is 9.53 Å². The van der Waals surface area contributed by atoms with Crippen molar-refractivity contribution in [1.29, 1.82) is 0 Å². The van der Waals surface area contributed by atoms with Gasteiger partial charge in [-0.05, 0) is 0 Å². The summed E-state index contributed by atoms with van der Waals surface area (Å²) in [4.78, 5) is 11.1. The molecule has 0 aromatic heterocycles. The molecule has 0 aromatic rings. The van der Waals surface area contributed by atoms with Crippen LogP contribution >= 0.6 is 0 Å². The number of aliphatic hydroxyl groups is 1. The molecule has 1 atom stereocenters. The Morgan fingerprint density at radius 3 is 2.64 bits per heavy atom. The van der Waals surface area contributed by atoms with Gasteiger partial charge in [-0.15, -0.1) is 0 Å². The zero-order valence-corrected chi connectivity index (χ0v) is 9.04. The minimum atomic E-state index is -0.636. The van der Waals surface area contributed by atoms with E-state index >= 15 is 0 Å². The van der Waals surface area contributed by atoms with Crippen LogP contribution in [0.1, 0.15) is 13.8 Å². The van der Waals surface area contributed by atoms with Crippen LogP contribution in [0.2, 0.25) is 0 Å². The summed E-state index contributed by atoms with van der Waals surface area (Å²) in [5, 5.41) is 14.8. The zero-order valence-electron chi connectivity index (χ0n) is 9.04. The van der Waals surface area contributed by atoms with E-state index in [0.29, 0.717) is 0 Å². The molecule has 0 aliphatic rings. The lowest BCUT2D eigenvalue weighted by Gasteiger charge is -2.12. The van der Waals surface area contributed by atoms with Gasteiger partial charge in [-0.25, -0.2) is 0 Å². The summed E-state index contributed by atoms with van der Waals surface area (Å²) in [6.07, 6.45) is -0.636. The predicted octanol–water partition coefficient (Wildman–Crippen LogP) is -0.892. The molecule has 84 valence electrons. The van der Waals surface area contributed by atoms with Crippen molar-refractivity contribution in [2.45, 2.75) is 26.0 Å². The maximum atomic E-state index is 11.1. The minimum absolute atomic E-state index is 0.117. The summed E-state index contributed by atoms with van der Waals surface area (Å²) in [5.74, 6) is -0.117. The first-order valence-corrected chi connectivity index (χ1v) is 4.73. The molecule has 1 unspecified atom stereocenters. The number of hydrogen-bond donors (Lipinski definition) is 3. The third-order valence-electron chi connectivity index (χ3n) is 1.56. The molecule has 0 saturated carbocycles. The molecule has 0 fully saturated rings. The Balaban J connectivity index is 3.43. The molecule has 0 radical (unpaired) electrons. The molecule has 0 aromatic carbocycles. The molecule has 0 aliphatic heterocycles. The van der Waals surface area contributed by atoms with Crippen molar-refractivity contribution < 1.29 is 14.6 Å². The monoisotopic (exact) mass is 204 g/mol. The maximum Gasteiger partial charge on any atom is 0.234 e. The molecule has 5 heteroatoms. The van der Waals surface area contributed by atoms with E-state index in [9.17, 15) is 9.90 Å². The summed E-state index contributed by atoms with van der Waals surface area (Å²) in [7, 11) is 1.51. The summed E-state index contributed by atoms with van der Waals surface area (Å²) in [6, 6.07) is 0.282. The Bertz CT molecular complexity index is 162. The fraction of sp³-hybridized carbons (Fsp3) is 0.889. The van der Waals surface area contributed by atoms with Crippen molar-refractivity contribution in [3.05, 3.63) is 0 Å². The van der Waals surface area contributed by atoms with E-state index in [0.717, 1.165) is 0 Å². The molecular weight excluding hydrogens is 184 g/mol. The highest BCUT2D eigenvalue weighted by Gasteiger charge is 2.06. The van der Waals surface area contributed by atoms with E-state index in [2.05, 4.69) is 10.6 Å². The first kappa shape index (κ1) is 13.4. The first-order chi connectivity index (χ1) is 6.56. The number of rotatable bonds is 7. The van der Waals surface area contributed by atoms with Gasteiger partial charge in [0.15, 0.2) is 0 Å². The molecule has 0 saturated heterocycles. The SMILES string of the molecule is COCC(O)CNC(=O)CNC(C)C. The number of hydrogen-bond acceptors (Lipinski definition) is 4. The topological polar surface area (TPSA) is 70.6 Å². The van der Waals surface area contributed by atoms with Crippen molar-refractivity contribution in [1.82, 2.24) is 10.6 Å². The lowest BCUT2D eigenvalue weighted by Crippen LogP contribution is -2.40. The van der Waals surface area contributed by atoms with Gasteiger partial charge < -0.3 is 20.5 Å². The van der Waals surface area contributed by atoms with Gasteiger partial charge in [0, 0.05) is 19.7 Å². The predicted molar refractivity (Wildman–Crippen MR) is 54.0 cm³/mol. The standard InChI is InChI=1S/C9H20N2O3/c1-7(2)10-5-9(13)11-4-8(12)6-14-3/h7-8,10,12H,4-6H2,1-3H3,(H,11,13). The summed E-state index contributed by atoms with van der Waals surface area (Å²) >= 11 is 0. The van der Waals surface area contributed by atoms with Crippen LogP contribution in [-0.4, -0.2) is 50.0 Å². The lowest BCUT2D eigenvalue weighted by molar-refractivity contribution is -0.120. The van der Waals surface area contributed by atoms with Gasteiger partial charge in [-0.2, -0.15) is 0 Å². The number of carbonyl (C=O) groups excluding carboxylic acids is 1. The van der Waals surface area contributed by atoms with Crippen LogP contribution in [0.5, 0.6) is 0 Å². The fourth-order valence-corrected chi connectivity index (χ4v) is 0.842. The quantitative estimate of drug-likeness (QED) is 0.503. The van der Waals surface area contributed by atoms with E-state index in [-0.39, 0.29) is 31.6 Å². The number of ether oxygens (including phenoxy) is 1. The van der Waals surface area contributed by atoms with Crippen molar-refractivity contribution >= 4 is 5.91 Å². The average molecular weight is 204 g/mol. The number of carbonyl (C=O) groups is 1. The van der Waals surface area contributed by atoms with Gasteiger partial charge in [0.25, 0.3) is 0 Å². The van der Waals surface area contributed by atoms with Crippen LogP contribution in [0.15, 0.2) is 0 Å². The van der Waals surface area contributed by atoms with E-state index in [4.69, 9.17) is 4.74 Å². The van der Waals surface area contributed by atoms with Crippen molar-refractivity contribution in [2.75, 3.05) is 26.8 Å². The van der Waals surface area contributed by atoms with Crippen LogP contribution < -0.4 is 10.6 Å². The maximum absolute atomic E-state index is 11.1. The van der Waals surface area contributed by atoms with Crippen LogP contribution in [0.25, 0.3) is 0 Å². The van der Waals surface area contributed by atoms with E-state index in [1.165, 1.54) is 7.11 Å². The largest absolute Gasteiger partial charge is 0.389 e. The molecule has 0 aliphatic carbocycles. The van der Waals surface area contributed by atoms with Crippen molar-refractivity contribution in [3.63, 3.8) is 0 Å². The zero-order chi connectivity index (χ0) is 11.0. The summed E-state index contributed by atoms with van der Waals surface area (Å²) in [6.45, 7) is 4.67.